The maximum atomic E-state index is 13.5. The van der Waals surface area contributed by atoms with E-state index >= 15 is 0 Å². The van der Waals surface area contributed by atoms with E-state index in [2.05, 4.69) is 0 Å². The van der Waals surface area contributed by atoms with Crippen LogP contribution in [0.1, 0.15) is 26.7 Å². The molecule has 4 heteroatoms. The number of hydrogen-bond donors (Lipinski definition) is 0. The van der Waals surface area contributed by atoms with E-state index in [-0.39, 0.29) is 19.1 Å². The van der Waals surface area contributed by atoms with Crippen LogP contribution in [0.15, 0.2) is 24.3 Å². The molecule has 100 valence electrons. The second-order valence-electron chi connectivity index (χ2n) is 5.02. The first kappa shape index (κ1) is 13.1. The highest BCUT2D eigenvalue weighted by Crippen LogP contribution is 2.35. The molecule has 1 saturated heterocycles. The summed E-state index contributed by atoms with van der Waals surface area (Å²) in [5.41, 5.74) is 0.769. The van der Waals surface area contributed by atoms with Gasteiger partial charge in [-0.25, -0.2) is 8.78 Å². The minimum absolute atomic E-state index is 0.0172. The number of piperidine rings is 1. The van der Waals surface area contributed by atoms with E-state index in [4.69, 9.17) is 4.74 Å². The van der Waals surface area contributed by atoms with Crippen LogP contribution < -0.4 is 9.64 Å². The Morgan fingerprint density at radius 1 is 1.28 bits per heavy atom. The van der Waals surface area contributed by atoms with Crippen molar-refractivity contribution < 1.29 is 13.5 Å². The Kier molecular flexibility index (Phi) is 3.73. The third-order valence-electron chi connectivity index (χ3n) is 2.96. The number of halogens is 2. The highest BCUT2D eigenvalue weighted by molar-refractivity contribution is 5.59. The summed E-state index contributed by atoms with van der Waals surface area (Å²) in [5, 5.41) is 0. The van der Waals surface area contributed by atoms with Gasteiger partial charge in [0.05, 0.1) is 18.3 Å². The van der Waals surface area contributed by atoms with Gasteiger partial charge >= 0.3 is 0 Å². The van der Waals surface area contributed by atoms with Crippen LogP contribution in [0.25, 0.3) is 0 Å². The number of alkyl halides is 2. The quantitative estimate of drug-likeness (QED) is 0.816. The minimum Gasteiger partial charge on any atom is -0.489 e. The van der Waals surface area contributed by atoms with Gasteiger partial charge in [-0.3, -0.25) is 0 Å². The van der Waals surface area contributed by atoms with Crippen LogP contribution in [0.5, 0.6) is 5.75 Å². The summed E-state index contributed by atoms with van der Waals surface area (Å²) in [7, 11) is 0. The van der Waals surface area contributed by atoms with Gasteiger partial charge in [-0.05, 0) is 32.4 Å². The molecule has 0 bridgehead atoms. The van der Waals surface area contributed by atoms with Gasteiger partial charge in [0, 0.05) is 13.0 Å². The summed E-state index contributed by atoms with van der Waals surface area (Å²) in [6.07, 6.45) is 0.538. The normalized spacial score (nSPS) is 19.1. The largest absolute Gasteiger partial charge is 0.489 e. The molecule has 0 aliphatic carbocycles. The Hall–Kier alpha value is -1.32. The molecule has 2 nitrogen and oxygen atoms in total. The molecule has 0 saturated carbocycles. The predicted octanol–water partition coefficient (Wildman–Crippen LogP) is 3.71. The number of para-hydroxylation sites is 2. The van der Waals surface area contributed by atoms with E-state index in [0.717, 1.165) is 5.69 Å². The monoisotopic (exact) mass is 255 g/mol. The van der Waals surface area contributed by atoms with Crippen LogP contribution in [-0.2, 0) is 0 Å². The fourth-order valence-electron chi connectivity index (χ4n) is 2.24. The van der Waals surface area contributed by atoms with Crippen molar-refractivity contribution in [3.05, 3.63) is 24.3 Å². The highest BCUT2D eigenvalue weighted by atomic mass is 19.3. The van der Waals surface area contributed by atoms with E-state index in [1.165, 1.54) is 0 Å². The average molecular weight is 255 g/mol. The molecule has 2 rings (SSSR count). The lowest BCUT2D eigenvalue weighted by atomic mass is 10.1. The zero-order valence-corrected chi connectivity index (χ0v) is 10.8. The first-order chi connectivity index (χ1) is 8.48. The molecule has 18 heavy (non-hydrogen) atoms. The van der Waals surface area contributed by atoms with Crippen molar-refractivity contribution in [2.24, 2.45) is 0 Å². The first-order valence-electron chi connectivity index (χ1n) is 6.36. The molecule has 0 atom stereocenters. The molecule has 0 aromatic heterocycles. The molecule has 0 unspecified atom stereocenters. The number of rotatable bonds is 3. The van der Waals surface area contributed by atoms with Gasteiger partial charge in [-0.2, -0.15) is 0 Å². The fourth-order valence-corrected chi connectivity index (χ4v) is 2.24. The van der Waals surface area contributed by atoms with Crippen LogP contribution in [0, 0.1) is 0 Å². The van der Waals surface area contributed by atoms with Crippen molar-refractivity contribution in [2.45, 2.75) is 38.7 Å². The third kappa shape index (κ3) is 3.12. The van der Waals surface area contributed by atoms with Crippen LogP contribution in [0.4, 0.5) is 14.5 Å². The lowest BCUT2D eigenvalue weighted by Gasteiger charge is -2.35. The molecule has 0 amide bonds. The summed E-state index contributed by atoms with van der Waals surface area (Å²) in [6, 6.07) is 7.40. The molecule has 1 aromatic rings. The molecule has 0 radical (unpaired) electrons. The second kappa shape index (κ2) is 5.12. The molecule has 0 N–H and O–H groups in total. The van der Waals surface area contributed by atoms with Crippen molar-refractivity contribution in [3.63, 3.8) is 0 Å². The van der Waals surface area contributed by atoms with E-state index in [0.29, 0.717) is 18.7 Å². The molecular weight excluding hydrogens is 236 g/mol. The van der Waals surface area contributed by atoms with Gasteiger partial charge in [0.1, 0.15) is 5.75 Å². The van der Waals surface area contributed by atoms with Crippen LogP contribution in [-0.4, -0.2) is 25.1 Å². The lowest BCUT2D eigenvalue weighted by molar-refractivity contribution is -0.0117. The average Bonchev–Trinajstić information content (AvgIpc) is 2.27. The van der Waals surface area contributed by atoms with Crippen molar-refractivity contribution in [1.82, 2.24) is 0 Å². The van der Waals surface area contributed by atoms with E-state index < -0.39 is 5.92 Å². The lowest BCUT2D eigenvalue weighted by Crippen LogP contribution is -2.42. The molecule has 1 fully saturated rings. The maximum Gasteiger partial charge on any atom is 0.265 e. The van der Waals surface area contributed by atoms with Gasteiger partial charge < -0.3 is 9.64 Å². The molecular formula is C14H19F2NO. The van der Waals surface area contributed by atoms with Gasteiger partial charge in [0.2, 0.25) is 0 Å². The Labute approximate surface area is 107 Å². The number of benzene rings is 1. The first-order valence-corrected chi connectivity index (χ1v) is 6.36. The van der Waals surface area contributed by atoms with Crippen LogP contribution in [0.2, 0.25) is 0 Å². The fraction of sp³-hybridized carbons (Fsp3) is 0.571. The van der Waals surface area contributed by atoms with Crippen LogP contribution in [0.3, 0.4) is 0 Å². The van der Waals surface area contributed by atoms with Gasteiger partial charge in [0.25, 0.3) is 5.92 Å². The number of ether oxygens (including phenoxy) is 1. The Bertz CT molecular complexity index is 407. The van der Waals surface area contributed by atoms with Gasteiger partial charge in [0.15, 0.2) is 0 Å². The van der Waals surface area contributed by atoms with Crippen molar-refractivity contribution in [2.75, 3.05) is 18.0 Å². The van der Waals surface area contributed by atoms with E-state index in [9.17, 15) is 8.78 Å². The Morgan fingerprint density at radius 3 is 2.67 bits per heavy atom. The minimum atomic E-state index is -2.59. The molecule has 1 aromatic carbocycles. The molecule has 0 spiro atoms. The topological polar surface area (TPSA) is 12.5 Å². The Balaban J connectivity index is 2.21. The summed E-state index contributed by atoms with van der Waals surface area (Å²) in [4.78, 5) is 1.72. The zero-order chi connectivity index (χ0) is 13.2. The number of hydrogen-bond acceptors (Lipinski definition) is 2. The summed E-state index contributed by atoms with van der Waals surface area (Å²) in [5.74, 6) is -1.91. The molecule has 1 heterocycles. The number of nitrogens with zero attached hydrogens (tertiary/aromatic N) is 1. The summed E-state index contributed by atoms with van der Waals surface area (Å²) in [6.45, 7) is 4.31. The number of anilines is 1. The van der Waals surface area contributed by atoms with Gasteiger partial charge in [-0.15, -0.1) is 0 Å². The van der Waals surface area contributed by atoms with Gasteiger partial charge in [-0.1, -0.05) is 12.1 Å². The Morgan fingerprint density at radius 2 is 2.00 bits per heavy atom. The van der Waals surface area contributed by atoms with Crippen molar-refractivity contribution in [1.29, 1.82) is 0 Å². The second-order valence-corrected chi connectivity index (χ2v) is 5.02. The van der Waals surface area contributed by atoms with E-state index in [1.807, 2.05) is 38.1 Å². The van der Waals surface area contributed by atoms with Crippen LogP contribution >= 0.6 is 0 Å². The molecule has 1 aliphatic rings. The van der Waals surface area contributed by atoms with E-state index in [1.54, 1.807) is 4.90 Å². The summed E-state index contributed by atoms with van der Waals surface area (Å²) < 4.78 is 32.6. The maximum absolute atomic E-state index is 13.5. The predicted molar refractivity (Wildman–Crippen MR) is 68.6 cm³/mol. The van der Waals surface area contributed by atoms with Crippen molar-refractivity contribution >= 4 is 5.69 Å². The summed E-state index contributed by atoms with van der Waals surface area (Å²) >= 11 is 0. The standard InChI is InChI=1S/C14H19F2NO/c1-11(2)18-13-7-4-3-6-12(13)17-9-5-8-14(15,16)10-17/h3-4,6-7,11H,5,8-10H2,1-2H3. The zero-order valence-electron chi connectivity index (χ0n) is 10.8. The van der Waals surface area contributed by atoms with Crippen molar-refractivity contribution in [3.8, 4) is 5.75 Å². The third-order valence-corrected chi connectivity index (χ3v) is 2.96. The SMILES string of the molecule is CC(C)Oc1ccccc1N1CCCC(F)(F)C1. The smallest absolute Gasteiger partial charge is 0.265 e. The highest BCUT2D eigenvalue weighted by Gasteiger charge is 2.35. The molecule has 1 aliphatic heterocycles.